The molecule has 1 heterocycles. The highest BCUT2D eigenvalue weighted by Gasteiger charge is 2.34. The topological polar surface area (TPSA) is 78.5 Å². The number of carbonyl (C=O) groups is 3. The number of amides is 3. The largest absolute Gasteiger partial charge is 0.356 e. The number of nitrogens with one attached hydrogen (secondary N) is 2. The molecule has 28 heavy (non-hydrogen) atoms. The minimum absolute atomic E-state index is 0.0586. The molecule has 1 aliphatic rings. The summed E-state index contributed by atoms with van der Waals surface area (Å²) >= 11 is 0. The van der Waals surface area contributed by atoms with Crippen molar-refractivity contribution in [2.24, 2.45) is 5.92 Å². The predicted molar refractivity (Wildman–Crippen MR) is 109 cm³/mol. The van der Waals surface area contributed by atoms with Crippen LogP contribution in [0.25, 0.3) is 0 Å². The number of hydrogen-bond acceptors (Lipinski definition) is 3. The lowest BCUT2D eigenvalue weighted by Gasteiger charge is -2.17. The van der Waals surface area contributed by atoms with Crippen LogP contribution in [0.15, 0.2) is 54.6 Å². The second-order valence-corrected chi connectivity index (χ2v) is 7.01. The van der Waals surface area contributed by atoms with Gasteiger partial charge in [-0.3, -0.25) is 14.4 Å². The highest BCUT2D eigenvalue weighted by atomic mass is 16.2. The summed E-state index contributed by atoms with van der Waals surface area (Å²) in [5, 5.41) is 5.65. The maximum atomic E-state index is 12.4. The van der Waals surface area contributed by atoms with E-state index in [0.29, 0.717) is 18.8 Å². The molecule has 0 radical (unpaired) electrons. The van der Waals surface area contributed by atoms with E-state index < -0.39 is 0 Å². The van der Waals surface area contributed by atoms with Crippen molar-refractivity contribution in [1.29, 1.82) is 0 Å². The van der Waals surface area contributed by atoms with Gasteiger partial charge >= 0.3 is 0 Å². The Morgan fingerprint density at radius 3 is 2.46 bits per heavy atom. The van der Waals surface area contributed by atoms with Gasteiger partial charge in [-0.2, -0.15) is 0 Å². The van der Waals surface area contributed by atoms with Crippen molar-refractivity contribution in [2.45, 2.75) is 26.2 Å². The van der Waals surface area contributed by atoms with Crippen LogP contribution in [0.5, 0.6) is 0 Å². The van der Waals surface area contributed by atoms with E-state index in [-0.39, 0.29) is 30.1 Å². The van der Waals surface area contributed by atoms with Gasteiger partial charge in [0.15, 0.2) is 0 Å². The van der Waals surface area contributed by atoms with Crippen molar-refractivity contribution in [3.63, 3.8) is 0 Å². The van der Waals surface area contributed by atoms with Gasteiger partial charge in [-0.25, -0.2) is 0 Å². The third-order valence-electron chi connectivity index (χ3n) is 4.78. The Kier molecular flexibility index (Phi) is 6.42. The average Bonchev–Trinajstić information content (AvgIpc) is 3.08. The summed E-state index contributed by atoms with van der Waals surface area (Å²) in [7, 11) is 0. The highest BCUT2D eigenvalue weighted by Crippen LogP contribution is 2.26. The van der Waals surface area contributed by atoms with Crippen LogP contribution in [0.4, 0.5) is 11.4 Å². The number of anilines is 2. The zero-order valence-corrected chi connectivity index (χ0v) is 16.0. The molecule has 0 spiro atoms. The molecule has 6 heteroatoms. The normalized spacial score (nSPS) is 16.1. The predicted octanol–water partition coefficient (Wildman–Crippen LogP) is 2.75. The van der Waals surface area contributed by atoms with Crippen molar-refractivity contribution in [3.8, 4) is 0 Å². The molecule has 1 saturated heterocycles. The van der Waals surface area contributed by atoms with E-state index in [1.165, 1.54) is 12.5 Å². The van der Waals surface area contributed by atoms with Gasteiger partial charge in [-0.15, -0.1) is 0 Å². The second kappa shape index (κ2) is 9.17. The fraction of sp³-hybridized carbons (Fsp3) is 0.318. The molecule has 146 valence electrons. The van der Waals surface area contributed by atoms with E-state index in [1.807, 2.05) is 18.2 Å². The lowest BCUT2D eigenvalue weighted by molar-refractivity contribution is -0.126. The molecule has 3 rings (SSSR count). The van der Waals surface area contributed by atoms with E-state index in [9.17, 15) is 14.4 Å². The van der Waals surface area contributed by atoms with Crippen LogP contribution in [0.2, 0.25) is 0 Å². The van der Waals surface area contributed by atoms with Crippen molar-refractivity contribution >= 4 is 29.1 Å². The molecule has 0 aliphatic carbocycles. The van der Waals surface area contributed by atoms with Crippen molar-refractivity contribution in [3.05, 3.63) is 60.2 Å². The van der Waals surface area contributed by atoms with E-state index in [0.717, 1.165) is 18.5 Å². The van der Waals surface area contributed by atoms with Crippen molar-refractivity contribution < 1.29 is 14.4 Å². The molecule has 2 aromatic rings. The molecule has 0 aromatic heterocycles. The van der Waals surface area contributed by atoms with Crippen LogP contribution in [-0.2, 0) is 20.8 Å². The first-order chi connectivity index (χ1) is 13.5. The Morgan fingerprint density at radius 1 is 1.07 bits per heavy atom. The third kappa shape index (κ3) is 5.19. The Bertz CT molecular complexity index is 834. The number of carbonyl (C=O) groups excluding carboxylic acids is 3. The molecule has 1 atom stereocenters. The van der Waals surface area contributed by atoms with E-state index in [1.54, 1.807) is 29.2 Å². The average molecular weight is 379 g/mol. The summed E-state index contributed by atoms with van der Waals surface area (Å²) in [5.74, 6) is -0.608. The van der Waals surface area contributed by atoms with Gasteiger partial charge in [0.25, 0.3) is 0 Å². The van der Waals surface area contributed by atoms with E-state index in [4.69, 9.17) is 0 Å². The maximum absolute atomic E-state index is 12.4. The summed E-state index contributed by atoms with van der Waals surface area (Å²) < 4.78 is 0. The highest BCUT2D eigenvalue weighted by molar-refractivity contribution is 6.00. The quantitative estimate of drug-likeness (QED) is 0.726. The van der Waals surface area contributed by atoms with Gasteiger partial charge in [-0.05, 0) is 42.7 Å². The Labute approximate surface area is 164 Å². The fourth-order valence-electron chi connectivity index (χ4n) is 3.35. The number of hydrogen-bond donors (Lipinski definition) is 2. The van der Waals surface area contributed by atoms with Crippen LogP contribution in [0, 0.1) is 5.92 Å². The minimum Gasteiger partial charge on any atom is -0.356 e. The van der Waals surface area contributed by atoms with Gasteiger partial charge in [0.1, 0.15) is 0 Å². The molecule has 3 amide bonds. The lowest BCUT2D eigenvalue weighted by Crippen LogP contribution is -2.33. The van der Waals surface area contributed by atoms with E-state index in [2.05, 4.69) is 22.8 Å². The summed E-state index contributed by atoms with van der Waals surface area (Å²) in [5.41, 5.74) is 2.66. The second-order valence-electron chi connectivity index (χ2n) is 7.01. The Morgan fingerprint density at radius 2 is 1.79 bits per heavy atom. The SMILES string of the molecule is CC(=O)Nc1ccc(N2CC(C(=O)NCCCc3ccccc3)CC2=O)cc1. The molecule has 0 saturated carbocycles. The van der Waals surface area contributed by atoms with Gasteiger partial charge in [0, 0.05) is 37.8 Å². The standard InChI is InChI=1S/C22H25N3O3/c1-16(26)24-19-9-11-20(12-10-19)25-15-18(14-21(25)27)22(28)23-13-5-8-17-6-3-2-4-7-17/h2-4,6-7,9-12,18H,5,8,13-15H2,1H3,(H,23,28)(H,24,26). The zero-order valence-electron chi connectivity index (χ0n) is 16.0. The van der Waals surface area contributed by atoms with Crippen LogP contribution >= 0.6 is 0 Å². The molecule has 0 bridgehead atoms. The number of rotatable bonds is 7. The summed E-state index contributed by atoms with van der Waals surface area (Å²) in [6.45, 7) is 2.42. The third-order valence-corrected chi connectivity index (χ3v) is 4.78. The maximum Gasteiger partial charge on any atom is 0.227 e. The molecule has 2 N–H and O–H groups in total. The molecule has 1 fully saturated rings. The summed E-state index contributed by atoms with van der Waals surface area (Å²) in [4.78, 5) is 37.5. The molecule has 2 aromatic carbocycles. The molecule has 1 unspecified atom stereocenters. The first kappa shape index (κ1) is 19.6. The Hall–Kier alpha value is -3.15. The first-order valence-electron chi connectivity index (χ1n) is 9.52. The van der Waals surface area contributed by atoms with Gasteiger partial charge < -0.3 is 15.5 Å². The lowest BCUT2D eigenvalue weighted by atomic mass is 10.1. The van der Waals surface area contributed by atoms with Crippen LogP contribution in [0.1, 0.15) is 25.3 Å². The fourth-order valence-corrected chi connectivity index (χ4v) is 3.35. The van der Waals surface area contributed by atoms with Crippen LogP contribution < -0.4 is 15.5 Å². The summed E-state index contributed by atoms with van der Waals surface area (Å²) in [6.07, 6.45) is 2.00. The Balaban J connectivity index is 1.48. The van der Waals surface area contributed by atoms with Crippen LogP contribution in [0.3, 0.4) is 0 Å². The van der Waals surface area contributed by atoms with Gasteiger partial charge in [0.05, 0.1) is 5.92 Å². The number of nitrogens with zero attached hydrogens (tertiary/aromatic N) is 1. The zero-order chi connectivity index (χ0) is 19.9. The smallest absolute Gasteiger partial charge is 0.227 e. The monoisotopic (exact) mass is 379 g/mol. The van der Waals surface area contributed by atoms with E-state index >= 15 is 0 Å². The van der Waals surface area contributed by atoms with Gasteiger partial charge in [-0.1, -0.05) is 30.3 Å². The molecule has 6 nitrogen and oxygen atoms in total. The van der Waals surface area contributed by atoms with Crippen molar-refractivity contribution in [2.75, 3.05) is 23.3 Å². The summed E-state index contributed by atoms with van der Waals surface area (Å²) in [6, 6.07) is 17.2. The van der Waals surface area contributed by atoms with Gasteiger partial charge in [0.2, 0.25) is 17.7 Å². The molecular weight excluding hydrogens is 354 g/mol. The molecular formula is C22H25N3O3. The first-order valence-corrected chi connectivity index (χ1v) is 9.52. The van der Waals surface area contributed by atoms with Crippen molar-refractivity contribution in [1.82, 2.24) is 5.32 Å². The molecule has 1 aliphatic heterocycles. The minimum atomic E-state index is -0.334. The number of benzene rings is 2. The van der Waals surface area contributed by atoms with Crippen LogP contribution in [-0.4, -0.2) is 30.8 Å². The number of aryl methyl sites for hydroxylation is 1.